The molecule has 58 heavy (non-hydrogen) atoms. The van der Waals surface area contributed by atoms with Crippen molar-refractivity contribution in [2.24, 2.45) is 0 Å². The van der Waals surface area contributed by atoms with E-state index in [1.807, 2.05) is 34.8 Å². The van der Waals surface area contributed by atoms with Crippen LogP contribution in [0.2, 0.25) is 0 Å². The number of nitrogens with zero attached hydrogens (tertiary/aromatic N) is 1. The zero-order chi connectivity index (χ0) is 38.2. The van der Waals surface area contributed by atoms with Crippen LogP contribution in [0.15, 0.2) is 205 Å². The minimum atomic E-state index is 0.908. The van der Waals surface area contributed by atoms with E-state index in [0.29, 0.717) is 0 Å². The van der Waals surface area contributed by atoms with Crippen LogP contribution in [0.5, 0.6) is 0 Å². The number of benzene rings is 9. The van der Waals surface area contributed by atoms with Gasteiger partial charge in [-0.25, -0.2) is 0 Å². The van der Waals surface area contributed by atoms with Crippen LogP contribution in [0, 0.1) is 0 Å². The lowest BCUT2D eigenvalue weighted by Gasteiger charge is -2.27. The summed E-state index contributed by atoms with van der Waals surface area (Å²) in [5.41, 5.74) is 12.1. The van der Waals surface area contributed by atoms with Crippen LogP contribution in [0.1, 0.15) is 0 Å². The molecule has 0 fully saturated rings. The van der Waals surface area contributed by atoms with E-state index in [4.69, 9.17) is 4.42 Å². The largest absolute Gasteiger partial charge is 0.455 e. The molecule has 0 saturated heterocycles. The number of para-hydroxylation sites is 2. The van der Waals surface area contributed by atoms with Gasteiger partial charge in [-0.2, -0.15) is 0 Å². The molecule has 0 amide bonds. The van der Waals surface area contributed by atoms with Crippen LogP contribution >= 0.6 is 22.7 Å². The molecule has 272 valence electrons. The molecule has 12 rings (SSSR count). The maximum absolute atomic E-state index is 6.45. The smallest absolute Gasteiger partial charge is 0.143 e. The number of rotatable bonds is 6. The lowest BCUT2D eigenvalue weighted by atomic mass is 9.99. The van der Waals surface area contributed by atoms with E-state index in [-0.39, 0.29) is 0 Å². The summed E-state index contributed by atoms with van der Waals surface area (Å²) in [6.07, 6.45) is 0. The molecule has 0 bridgehead atoms. The fourth-order valence-corrected chi connectivity index (χ4v) is 11.1. The standard InChI is InChI=1S/C54H33NOS2/c1-4-22-49-43(15-1)46-20-9-18-41(53(46)56-49)34-25-28-38(29-26-34)55(39-13-7-11-35(31-39)36-27-30-52-48(33-36)45-17-3-5-23-50(45)57-52)40-14-8-12-37(32-40)42-19-10-21-47-44-16-2-6-24-51(44)58-54(42)47/h1-33H. The Morgan fingerprint density at radius 3 is 1.71 bits per heavy atom. The maximum atomic E-state index is 6.45. The summed E-state index contributed by atoms with van der Waals surface area (Å²) in [4.78, 5) is 2.39. The minimum Gasteiger partial charge on any atom is -0.455 e. The lowest BCUT2D eigenvalue weighted by Crippen LogP contribution is -2.10. The van der Waals surface area contributed by atoms with Gasteiger partial charge in [0.05, 0.1) is 0 Å². The Morgan fingerprint density at radius 2 is 0.897 bits per heavy atom. The molecular formula is C54H33NOS2. The Morgan fingerprint density at radius 1 is 0.328 bits per heavy atom. The summed E-state index contributed by atoms with van der Waals surface area (Å²) in [6, 6.07) is 72.7. The van der Waals surface area contributed by atoms with E-state index < -0.39 is 0 Å². The van der Waals surface area contributed by atoms with E-state index in [0.717, 1.165) is 50.1 Å². The molecule has 0 N–H and O–H groups in total. The third-order valence-electron chi connectivity index (χ3n) is 11.5. The second-order valence-electron chi connectivity index (χ2n) is 14.9. The first-order valence-electron chi connectivity index (χ1n) is 19.6. The van der Waals surface area contributed by atoms with E-state index in [9.17, 15) is 0 Å². The highest BCUT2D eigenvalue weighted by Crippen LogP contribution is 2.44. The normalized spacial score (nSPS) is 11.8. The molecule has 0 aliphatic carbocycles. The molecule has 0 unspecified atom stereocenters. The van der Waals surface area contributed by atoms with Gasteiger partial charge in [0, 0.05) is 73.7 Å². The monoisotopic (exact) mass is 775 g/mol. The van der Waals surface area contributed by atoms with E-state index >= 15 is 0 Å². The van der Waals surface area contributed by atoms with Crippen LogP contribution in [0.25, 0.3) is 95.7 Å². The molecule has 0 spiro atoms. The number of fused-ring (bicyclic) bond motifs is 9. The fraction of sp³-hybridized carbons (Fsp3) is 0. The van der Waals surface area contributed by atoms with E-state index in [1.54, 1.807) is 0 Å². The molecule has 12 aromatic rings. The Hall–Kier alpha value is -6.98. The molecule has 3 aromatic heterocycles. The molecule has 9 aromatic carbocycles. The third kappa shape index (κ3) is 5.37. The molecule has 0 aliphatic heterocycles. The van der Waals surface area contributed by atoms with Crippen molar-refractivity contribution in [2.45, 2.75) is 0 Å². The molecule has 3 heterocycles. The molecule has 0 radical (unpaired) electrons. The van der Waals surface area contributed by atoms with Gasteiger partial charge in [0.15, 0.2) is 0 Å². The summed E-state index contributed by atoms with van der Waals surface area (Å²) in [7, 11) is 0. The zero-order valence-electron chi connectivity index (χ0n) is 31.2. The summed E-state index contributed by atoms with van der Waals surface area (Å²) >= 11 is 3.73. The predicted molar refractivity (Wildman–Crippen MR) is 250 cm³/mol. The summed E-state index contributed by atoms with van der Waals surface area (Å²) in [5, 5.41) is 7.50. The number of thiophene rings is 2. The average Bonchev–Trinajstić information content (AvgIpc) is 3.98. The first kappa shape index (κ1) is 33.2. The maximum Gasteiger partial charge on any atom is 0.143 e. The number of furan rings is 1. The van der Waals surface area contributed by atoms with Crippen molar-refractivity contribution in [2.75, 3.05) is 4.90 Å². The topological polar surface area (TPSA) is 16.4 Å². The molecular weight excluding hydrogens is 743 g/mol. The van der Waals surface area contributed by atoms with Gasteiger partial charge in [-0.1, -0.05) is 133 Å². The van der Waals surface area contributed by atoms with Crippen LogP contribution in [-0.2, 0) is 0 Å². The Bertz CT molecular complexity index is 3530. The minimum absolute atomic E-state index is 0.908. The van der Waals surface area contributed by atoms with Crippen molar-refractivity contribution in [3.05, 3.63) is 200 Å². The summed E-state index contributed by atoms with van der Waals surface area (Å²) in [5.74, 6) is 0. The second kappa shape index (κ2) is 13.3. The Labute approximate surface area is 343 Å². The molecule has 4 heteroatoms. The summed E-state index contributed by atoms with van der Waals surface area (Å²) in [6.45, 7) is 0. The van der Waals surface area contributed by atoms with Crippen molar-refractivity contribution in [1.29, 1.82) is 0 Å². The molecule has 0 aliphatic rings. The third-order valence-corrected chi connectivity index (χ3v) is 13.8. The van der Waals surface area contributed by atoms with Crippen LogP contribution in [-0.4, -0.2) is 0 Å². The van der Waals surface area contributed by atoms with Crippen LogP contribution < -0.4 is 4.90 Å². The molecule has 0 atom stereocenters. The first-order valence-corrected chi connectivity index (χ1v) is 21.2. The SMILES string of the molecule is c1cc(-c2ccc3sc4ccccc4c3c2)cc(N(c2ccc(-c3cccc4c3oc3ccccc34)cc2)c2cccc(-c3cccc4c3sc3ccccc34)c2)c1. The Balaban J connectivity index is 1.00. The van der Waals surface area contributed by atoms with Crippen molar-refractivity contribution in [3.63, 3.8) is 0 Å². The molecule has 0 saturated carbocycles. The second-order valence-corrected chi connectivity index (χ2v) is 17.0. The highest BCUT2D eigenvalue weighted by molar-refractivity contribution is 7.26. The van der Waals surface area contributed by atoms with Gasteiger partial charge in [0.2, 0.25) is 0 Å². The quantitative estimate of drug-likeness (QED) is 0.167. The average molecular weight is 776 g/mol. The highest BCUT2D eigenvalue weighted by atomic mass is 32.1. The lowest BCUT2D eigenvalue weighted by molar-refractivity contribution is 0.670. The van der Waals surface area contributed by atoms with Gasteiger partial charge in [0.1, 0.15) is 11.2 Å². The van der Waals surface area contributed by atoms with Gasteiger partial charge in [-0.05, 0) is 94.5 Å². The predicted octanol–water partition coefficient (Wildman–Crippen LogP) is 16.8. The van der Waals surface area contributed by atoms with E-state index in [2.05, 4.69) is 193 Å². The van der Waals surface area contributed by atoms with Gasteiger partial charge in [-0.3, -0.25) is 0 Å². The zero-order valence-corrected chi connectivity index (χ0v) is 32.9. The molecule has 2 nitrogen and oxygen atoms in total. The fourth-order valence-electron chi connectivity index (χ4n) is 8.73. The van der Waals surface area contributed by atoms with Crippen molar-refractivity contribution in [1.82, 2.24) is 0 Å². The van der Waals surface area contributed by atoms with Crippen molar-refractivity contribution >= 4 is 102 Å². The number of hydrogen-bond acceptors (Lipinski definition) is 4. The van der Waals surface area contributed by atoms with E-state index in [1.165, 1.54) is 62.6 Å². The van der Waals surface area contributed by atoms with Crippen molar-refractivity contribution < 1.29 is 4.42 Å². The number of anilines is 3. The van der Waals surface area contributed by atoms with Gasteiger partial charge < -0.3 is 9.32 Å². The van der Waals surface area contributed by atoms with Crippen LogP contribution in [0.4, 0.5) is 17.1 Å². The number of hydrogen-bond donors (Lipinski definition) is 0. The van der Waals surface area contributed by atoms with Crippen LogP contribution in [0.3, 0.4) is 0 Å². The van der Waals surface area contributed by atoms with Gasteiger partial charge in [0.25, 0.3) is 0 Å². The summed E-state index contributed by atoms with van der Waals surface area (Å²) < 4.78 is 11.7. The van der Waals surface area contributed by atoms with Crippen molar-refractivity contribution in [3.8, 4) is 33.4 Å². The van der Waals surface area contributed by atoms with Gasteiger partial charge in [-0.15, -0.1) is 22.7 Å². The first-order chi connectivity index (χ1) is 28.7. The highest BCUT2D eigenvalue weighted by Gasteiger charge is 2.18. The Kier molecular flexibility index (Phi) is 7.62. The van der Waals surface area contributed by atoms with Gasteiger partial charge >= 0.3 is 0 Å².